The highest BCUT2D eigenvalue weighted by Gasteiger charge is 2.09. The standard InChI is InChI=1S/C20H29N5O2S.HI/c1-15(2)18-12-16(27-24-18)13-22-20(23-14-19(26)25(3)4)21-10-11-28-17-8-6-5-7-9-17;/h5-9,12,15H,10-11,13-14H2,1-4H3,(H2,21,22,23);1H. The van der Waals surface area contributed by atoms with E-state index in [-0.39, 0.29) is 36.4 Å². The average Bonchev–Trinajstić information content (AvgIpc) is 3.16. The number of halogens is 1. The van der Waals surface area contributed by atoms with E-state index < -0.39 is 0 Å². The highest BCUT2D eigenvalue weighted by molar-refractivity contribution is 14.0. The Balaban J connectivity index is 0.00000420. The van der Waals surface area contributed by atoms with Crippen molar-refractivity contribution in [1.82, 2.24) is 20.7 Å². The third-order valence-electron chi connectivity index (χ3n) is 3.88. The quantitative estimate of drug-likeness (QED) is 0.170. The zero-order chi connectivity index (χ0) is 20.4. The summed E-state index contributed by atoms with van der Waals surface area (Å²) in [4.78, 5) is 19.0. The Labute approximate surface area is 194 Å². The molecule has 0 bridgehead atoms. The lowest BCUT2D eigenvalue weighted by molar-refractivity contribution is -0.127. The first-order valence-electron chi connectivity index (χ1n) is 9.31. The van der Waals surface area contributed by atoms with Crippen LogP contribution in [0.15, 0.2) is 50.8 Å². The minimum Gasteiger partial charge on any atom is -0.359 e. The van der Waals surface area contributed by atoms with E-state index in [2.05, 4.69) is 46.8 Å². The Morgan fingerprint density at radius 3 is 2.59 bits per heavy atom. The fourth-order valence-electron chi connectivity index (χ4n) is 2.17. The first-order valence-corrected chi connectivity index (χ1v) is 10.3. The summed E-state index contributed by atoms with van der Waals surface area (Å²) in [5.41, 5.74) is 0.922. The van der Waals surface area contributed by atoms with Gasteiger partial charge in [0.15, 0.2) is 11.7 Å². The highest BCUT2D eigenvalue weighted by Crippen LogP contribution is 2.16. The Morgan fingerprint density at radius 1 is 1.24 bits per heavy atom. The predicted molar refractivity (Wildman–Crippen MR) is 129 cm³/mol. The van der Waals surface area contributed by atoms with Crippen LogP contribution in [0.5, 0.6) is 0 Å². The smallest absolute Gasteiger partial charge is 0.243 e. The van der Waals surface area contributed by atoms with E-state index in [1.807, 2.05) is 24.3 Å². The lowest BCUT2D eigenvalue weighted by Gasteiger charge is -2.13. The van der Waals surface area contributed by atoms with Crippen LogP contribution in [-0.4, -0.2) is 54.9 Å². The Bertz CT molecular complexity index is 765. The Hall–Kier alpha value is -1.75. The average molecular weight is 531 g/mol. The monoisotopic (exact) mass is 531 g/mol. The molecule has 0 aliphatic carbocycles. The molecule has 0 atom stereocenters. The van der Waals surface area contributed by atoms with Gasteiger partial charge in [-0.3, -0.25) is 4.79 Å². The molecule has 1 heterocycles. The van der Waals surface area contributed by atoms with Crippen LogP contribution in [0.4, 0.5) is 0 Å². The molecular weight excluding hydrogens is 501 g/mol. The zero-order valence-corrected chi connectivity index (χ0v) is 20.5. The van der Waals surface area contributed by atoms with Gasteiger partial charge in [0, 0.05) is 37.4 Å². The van der Waals surface area contributed by atoms with Crippen LogP contribution >= 0.6 is 35.7 Å². The van der Waals surface area contributed by atoms with Crippen LogP contribution in [0.25, 0.3) is 0 Å². The number of nitrogens with one attached hydrogen (secondary N) is 2. The van der Waals surface area contributed by atoms with E-state index in [4.69, 9.17) is 4.52 Å². The van der Waals surface area contributed by atoms with Gasteiger partial charge in [0.05, 0.1) is 12.2 Å². The van der Waals surface area contributed by atoms with Crippen LogP contribution in [-0.2, 0) is 11.3 Å². The van der Waals surface area contributed by atoms with Gasteiger partial charge < -0.3 is 20.1 Å². The largest absolute Gasteiger partial charge is 0.359 e. The molecule has 0 aliphatic rings. The van der Waals surface area contributed by atoms with Gasteiger partial charge >= 0.3 is 0 Å². The van der Waals surface area contributed by atoms with Crippen LogP contribution in [0.1, 0.15) is 31.2 Å². The molecule has 2 aromatic rings. The minimum absolute atomic E-state index is 0. The summed E-state index contributed by atoms with van der Waals surface area (Å²) in [5, 5.41) is 10.5. The maximum Gasteiger partial charge on any atom is 0.243 e. The molecule has 0 fully saturated rings. The van der Waals surface area contributed by atoms with Crippen molar-refractivity contribution in [2.45, 2.75) is 31.2 Å². The van der Waals surface area contributed by atoms with Crippen molar-refractivity contribution >= 4 is 47.6 Å². The summed E-state index contributed by atoms with van der Waals surface area (Å²) in [7, 11) is 3.44. The lowest BCUT2D eigenvalue weighted by Crippen LogP contribution is -2.39. The molecule has 0 saturated heterocycles. The lowest BCUT2D eigenvalue weighted by atomic mass is 10.1. The number of rotatable bonds is 9. The fourth-order valence-corrected chi connectivity index (χ4v) is 2.96. The van der Waals surface area contributed by atoms with Crippen LogP contribution in [0.2, 0.25) is 0 Å². The van der Waals surface area contributed by atoms with Gasteiger partial charge in [-0.1, -0.05) is 37.2 Å². The number of carbonyl (C=O) groups excluding carboxylic acids is 1. The van der Waals surface area contributed by atoms with Gasteiger partial charge in [-0.25, -0.2) is 4.99 Å². The fraction of sp³-hybridized carbons (Fsp3) is 0.450. The van der Waals surface area contributed by atoms with Crippen LogP contribution in [0.3, 0.4) is 0 Å². The molecule has 0 radical (unpaired) electrons. The van der Waals surface area contributed by atoms with E-state index >= 15 is 0 Å². The second-order valence-electron chi connectivity index (χ2n) is 6.77. The molecule has 9 heteroatoms. The third-order valence-corrected chi connectivity index (χ3v) is 4.89. The van der Waals surface area contributed by atoms with Crippen molar-refractivity contribution in [2.24, 2.45) is 4.99 Å². The summed E-state index contributed by atoms with van der Waals surface area (Å²) in [6.45, 7) is 5.39. The van der Waals surface area contributed by atoms with E-state index in [1.165, 1.54) is 9.80 Å². The van der Waals surface area contributed by atoms with Crippen molar-refractivity contribution in [3.8, 4) is 0 Å². The molecule has 2 rings (SSSR count). The first-order chi connectivity index (χ1) is 13.5. The molecule has 0 aliphatic heterocycles. The molecule has 160 valence electrons. The Kier molecular flexibility index (Phi) is 11.7. The predicted octanol–water partition coefficient (Wildman–Crippen LogP) is 3.33. The number of aliphatic imine (C=N–C) groups is 1. The molecular formula is C20H30IN5O2S. The minimum atomic E-state index is -0.0541. The number of carbonyl (C=O) groups is 1. The molecule has 2 N–H and O–H groups in total. The maximum absolute atomic E-state index is 11.8. The maximum atomic E-state index is 11.8. The van der Waals surface area contributed by atoms with Gasteiger partial charge in [0.2, 0.25) is 5.91 Å². The van der Waals surface area contributed by atoms with Crippen LogP contribution < -0.4 is 10.6 Å². The van der Waals surface area contributed by atoms with Crippen molar-refractivity contribution in [3.63, 3.8) is 0 Å². The number of hydrogen-bond acceptors (Lipinski definition) is 5. The normalized spacial score (nSPS) is 11.1. The van der Waals surface area contributed by atoms with Gasteiger partial charge in [-0.2, -0.15) is 0 Å². The van der Waals surface area contributed by atoms with Crippen LogP contribution in [0, 0.1) is 0 Å². The number of likely N-dealkylation sites (N-methyl/N-ethyl adjacent to an activating group) is 1. The van der Waals surface area contributed by atoms with E-state index in [0.29, 0.717) is 18.4 Å². The molecule has 0 saturated carbocycles. The van der Waals surface area contributed by atoms with E-state index in [1.54, 1.807) is 25.9 Å². The number of nitrogens with zero attached hydrogens (tertiary/aromatic N) is 3. The number of hydrogen-bond donors (Lipinski definition) is 2. The van der Waals surface area contributed by atoms with Crippen molar-refractivity contribution in [1.29, 1.82) is 0 Å². The SMILES string of the molecule is CC(C)c1cc(CNC(=NCC(=O)N(C)C)NCCSc2ccccc2)on1.I. The van der Waals surface area contributed by atoms with Crippen molar-refractivity contribution in [3.05, 3.63) is 47.9 Å². The summed E-state index contributed by atoms with van der Waals surface area (Å²) >= 11 is 1.76. The highest BCUT2D eigenvalue weighted by atomic mass is 127. The molecule has 0 unspecified atom stereocenters. The number of benzene rings is 1. The van der Waals surface area contributed by atoms with Gasteiger partial charge in [-0.05, 0) is 18.1 Å². The summed E-state index contributed by atoms with van der Waals surface area (Å²) in [6, 6.07) is 12.2. The zero-order valence-electron chi connectivity index (χ0n) is 17.3. The van der Waals surface area contributed by atoms with E-state index in [0.717, 1.165) is 23.8 Å². The Morgan fingerprint density at radius 2 is 1.97 bits per heavy atom. The van der Waals surface area contributed by atoms with Gasteiger partial charge in [-0.15, -0.1) is 35.7 Å². The molecule has 1 aromatic heterocycles. The van der Waals surface area contributed by atoms with Crippen molar-refractivity contribution in [2.75, 3.05) is 32.9 Å². The first kappa shape index (κ1) is 25.3. The topological polar surface area (TPSA) is 82.8 Å². The number of amides is 1. The summed E-state index contributed by atoms with van der Waals surface area (Å²) < 4.78 is 5.35. The van der Waals surface area contributed by atoms with Crippen molar-refractivity contribution < 1.29 is 9.32 Å². The molecule has 7 nitrogen and oxygen atoms in total. The third kappa shape index (κ3) is 9.53. The molecule has 1 amide bonds. The molecule has 29 heavy (non-hydrogen) atoms. The van der Waals surface area contributed by atoms with Gasteiger partial charge in [0.25, 0.3) is 0 Å². The second-order valence-corrected chi connectivity index (χ2v) is 7.94. The number of aromatic nitrogens is 1. The molecule has 1 aromatic carbocycles. The number of thioether (sulfide) groups is 1. The number of guanidine groups is 1. The molecule has 0 spiro atoms. The summed E-state index contributed by atoms with van der Waals surface area (Å²) in [5.74, 6) is 2.45. The van der Waals surface area contributed by atoms with Gasteiger partial charge in [0.1, 0.15) is 6.54 Å². The second kappa shape index (κ2) is 13.5. The van der Waals surface area contributed by atoms with E-state index in [9.17, 15) is 4.79 Å². The summed E-state index contributed by atoms with van der Waals surface area (Å²) in [6.07, 6.45) is 0.